The minimum absolute atomic E-state index is 0.0976. The average molecular weight is 311 g/mol. The summed E-state index contributed by atoms with van der Waals surface area (Å²) in [5.41, 5.74) is 12.0. The number of halogens is 1. The summed E-state index contributed by atoms with van der Waals surface area (Å²) in [5.74, 6) is -0.487. The van der Waals surface area contributed by atoms with E-state index < -0.39 is 0 Å². The number of amides is 2. The average Bonchev–Trinajstić information content (AvgIpc) is 2.89. The zero-order chi connectivity index (χ0) is 15.4. The number of primary amides is 1. The van der Waals surface area contributed by atoms with Gasteiger partial charge < -0.3 is 21.7 Å². The molecule has 114 valence electrons. The molecule has 2 rings (SSSR count). The van der Waals surface area contributed by atoms with Crippen molar-refractivity contribution in [3.05, 3.63) is 23.2 Å². The highest BCUT2D eigenvalue weighted by atomic mass is 35.5. The van der Waals surface area contributed by atoms with Crippen molar-refractivity contribution in [2.45, 2.75) is 12.8 Å². The van der Waals surface area contributed by atoms with E-state index in [0.717, 1.165) is 13.0 Å². The molecule has 1 aliphatic heterocycles. The lowest BCUT2D eigenvalue weighted by molar-refractivity contribution is -0.121. The molecule has 1 saturated heterocycles. The molecule has 1 atom stereocenters. The number of rotatable bonds is 5. The van der Waals surface area contributed by atoms with Crippen LogP contribution < -0.4 is 16.8 Å². The Hall–Kier alpha value is -1.79. The highest BCUT2D eigenvalue weighted by molar-refractivity contribution is 6.34. The predicted molar refractivity (Wildman–Crippen MR) is 82.9 cm³/mol. The maximum atomic E-state index is 11.9. The summed E-state index contributed by atoms with van der Waals surface area (Å²) in [6.45, 7) is 2.02. The molecule has 1 aromatic rings. The van der Waals surface area contributed by atoms with E-state index in [0.29, 0.717) is 35.9 Å². The standard InChI is InChI=1S/C14H19ClN4O2/c15-11-7-10(16)1-2-12(11)18-13(20)4-6-19-5-3-9(8-19)14(17)21/h1-2,7,9H,3-6,8,16H2,(H2,17,21)(H,18,20). The van der Waals surface area contributed by atoms with Crippen LogP contribution in [0.3, 0.4) is 0 Å². The van der Waals surface area contributed by atoms with E-state index in [4.69, 9.17) is 23.1 Å². The van der Waals surface area contributed by atoms with Crippen molar-refractivity contribution in [2.24, 2.45) is 11.7 Å². The van der Waals surface area contributed by atoms with Crippen LogP contribution in [0.25, 0.3) is 0 Å². The lowest BCUT2D eigenvalue weighted by Crippen LogP contribution is -2.29. The summed E-state index contributed by atoms with van der Waals surface area (Å²) < 4.78 is 0. The van der Waals surface area contributed by atoms with Crippen molar-refractivity contribution in [2.75, 3.05) is 30.7 Å². The van der Waals surface area contributed by atoms with Gasteiger partial charge in [0.25, 0.3) is 0 Å². The minimum Gasteiger partial charge on any atom is -0.399 e. The van der Waals surface area contributed by atoms with Crippen molar-refractivity contribution < 1.29 is 9.59 Å². The van der Waals surface area contributed by atoms with Gasteiger partial charge >= 0.3 is 0 Å². The third-order valence-electron chi connectivity index (χ3n) is 3.60. The summed E-state index contributed by atoms with van der Waals surface area (Å²) in [4.78, 5) is 25.1. The summed E-state index contributed by atoms with van der Waals surface area (Å²) in [7, 11) is 0. The molecule has 0 radical (unpaired) electrons. The first-order valence-electron chi connectivity index (χ1n) is 6.82. The van der Waals surface area contributed by atoms with Crippen LogP contribution in [0.1, 0.15) is 12.8 Å². The number of carbonyl (C=O) groups is 2. The highest BCUT2D eigenvalue weighted by Crippen LogP contribution is 2.24. The van der Waals surface area contributed by atoms with Gasteiger partial charge in [-0.1, -0.05) is 11.6 Å². The van der Waals surface area contributed by atoms with E-state index in [9.17, 15) is 9.59 Å². The lowest BCUT2D eigenvalue weighted by atomic mass is 10.1. The van der Waals surface area contributed by atoms with Crippen molar-refractivity contribution in [3.8, 4) is 0 Å². The smallest absolute Gasteiger partial charge is 0.225 e. The molecule has 1 aromatic carbocycles. The first-order valence-corrected chi connectivity index (χ1v) is 7.20. The fraction of sp³-hybridized carbons (Fsp3) is 0.429. The van der Waals surface area contributed by atoms with Crippen molar-refractivity contribution >= 4 is 34.8 Å². The number of nitrogen functional groups attached to an aromatic ring is 1. The van der Waals surface area contributed by atoms with Crippen LogP contribution in [-0.2, 0) is 9.59 Å². The molecule has 6 nitrogen and oxygen atoms in total. The topological polar surface area (TPSA) is 101 Å². The van der Waals surface area contributed by atoms with E-state index >= 15 is 0 Å². The van der Waals surface area contributed by atoms with Gasteiger partial charge in [0.15, 0.2) is 0 Å². The fourth-order valence-corrected chi connectivity index (χ4v) is 2.61. The predicted octanol–water partition coefficient (Wildman–Crippen LogP) is 1.06. The van der Waals surface area contributed by atoms with E-state index in [1.165, 1.54) is 0 Å². The van der Waals surface area contributed by atoms with Gasteiger partial charge in [0.05, 0.1) is 16.6 Å². The number of likely N-dealkylation sites (tertiary alicyclic amines) is 1. The summed E-state index contributed by atoms with van der Waals surface area (Å²) in [5, 5.41) is 3.17. The fourth-order valence-electron chi connectivity index (χ4n) is 2.37. The molecule has 1 fully saturated rings. The van der Waals surface area contributed by atoms with Gasteiger partial charge in [0.2, 0.25) is 11.8 Å². The minimum atomic E-state index is -0.268. The molecule has 0 spiro atoms. The largest absolute Gasteiger partial charge is 0.399 e. The lowest BCUT2D eigenvalue weighted by Gasteiger charge is -2.15. The first-order chi connectivity index (χ1) is 9.95. The number of nitrogens with two attached hydrogens (primary N) is 2. The summed E-state index contributed by atoms with van der Waals surface area (Å²) >= 11 is 6.00. The second-order valence-corrected chi connectivity index (χ2v) is 5.63. The van der Waals surface area contributed by atoms with Gasteiger partial charge in [-0.3, -0.25) is 9.59 Å². The van der Waals surface area contributed by atoms with Gasteiger partial charge in [0.1, 0.15) is 0 Å². The molecule has 0 aliphatic carbocycles. The second kappa shape index (κ2) is 6.78. The third-order valence-corrected chi connectivity index (χ3v) is 3.91. The molecule has 2 amide bonds. The molecule has 21 heavy (non-hydrogen) atoms. The van der Waals surface area contributed by atoms with Gasteiger partial charge in [-0.25, -0.2) is 0 Å². The van der Waals surface area contributed by atoms with Crippen LogP contribution in [0.4, 0.5) is 11.4 Å². The number of nitrogens with one attached hydrogen (secondary N) is 1. The van der Waals surface area contributed by atoms with Gasteiger partial charge in [0, 0.05) is 25.2 Å². The Morgan fingerprint density at radius 2 is 2.19 bits per heavy atom. The Morgan fingerprint density at radius 3 is 2.81 bits per heavy atom. The molecule has 5 N–H and O–H groups in total. The molecule has 7 heteroatoms. The molecular weight excluding hydrogens is 292 g/mol. The molecular formula is C14H19ClN4O2. The number of nitrogens with zero attached hydrogens (tertiary/aromatic N) is 1. The normalized spacial score (nSPS) is 18.6. The Labute approximate surface area is 128 Å². The molecule has 0 saturated carbocycles. The number of benzene rings is 1. The maximum absolute atomic E-state index is 11.9. The van der Waals surface area contributed by atoms with E-state index in [-0.39, 0.29) is 17.7 Å². The Bertz CT molecular complexity index is 550. The number of hydrogen-bond acceptors (Lipinski definition) is 4. The van der Waals surface area contributed by atoms with Gasteiger partial charge in [-0.05, 0) is 31.2 Å². The number of anilines is 2. The SMILES string of the molecule is NC(=O)C1CCN(CCC(=O)Nc2ccc(N)cc2Cl)C1. The summed E-state index contributed by atoms with van der Waals surface area (Å²) in [6, 6.07) is 4.95. The van der Waals surface area contributed by atoms with Crippen LogP contribution in [0.15, 0.2) is 18.2 Å². The van der Waals surface area contributed by atoms with Crippen LogP contribution in [0.2, 0.25) is 5.02 Å². The van der Waals surface area contributed by atoms with Crippen LogP contribution >= 0.6 is 11.6 Å². The Kier molecular flexibility index (Phi) is 5.03. The van der Waals surface area contributed by atoms with Crippen LogP contribution in [-0.4, -0.2) is 36.3 Å². The molecule has 1 heterocycles. The molecule has 0 aromatic heterocycles. The van der Waals surface area contributed by atoms with Crippen LogP contribution in [0, 0.1) is 5.92 Å². The van der Waals surface area contributed by atoms with E-state index in [1.807, 2.05) is 0 Å². The van der Waals surface area contributed by atoms with Gasteiger partial charge in [-0.15, -0.1) is 0 Å². The molecule has 1 unspecified atom stereocenters. The quantitative estimate of drug-likeness (QED) is 0.708. The van der Waals surface area contributed by atoms with Crippen molar-refractivity contribution in [3.63, 3.8) is 0 Å². The highest BCUT2D eigenvalue weighted by Gasteiger charge is 2.26. The maximum Gasteiger partial charge on any atom is 0.225 e. The number of hydrogen-bond donors (Lipinski definition) is 3. The van der Waals surface area contributed by atoms with Crippen molar-refractivity contribution in [1.29, 1.82) is 0 Å². The van der Waals surface area contributed by atoms with Crippen LogP contribution in [0.5, 0.6) is 0 Å². The number of carbonyl (C=O) groups excluding carboxylic acids is 2. The summed E-state index contributed by atoms with van der Waals surface area (Å²) in [6.07, 6.45) is 1.10. The zero-order valence-corrected chi connectivity index (χ0v) is 12.4. The van der Waals surface area contributed by atoms with Gasteiger partial charge in [-0.2, -0.15) is 0 Å². The Morgan fingerprint density at radius 1 is 1.43 bits per heavy atom. The monoisotopic (exact) mass is 310 g/mol. The Balaban J connectivity index is 1.79. The van der Waals surface area contributed by atoms with E-state index in [1.54, 1.807) is 18.2 Å². The first kappa shape index (κ1) is 15.6. The second-order valence-electron chi connectivity index (χ2n) is 5.23. The van der Waals surface area contributed by atoms with Crippen molar-refractivity contribution in [1.82, 2.24) is 4.90 Å². The zero-order valence-electron chi connectivity index (χ0n) is 11.6. The van der Waals surface area contributed by atoms with E-state index in [2.05, 4.69) is 10.2 Å². The molecule has 0 bridgehead atoms. The molecule has 1 aliphatic rings. The third kappa shape index (κ3) is 4.34.